The number of hydrogen-bond donors (Lipinski definition) is 1. The Hall–Kier alpha value is -2.60. The van der Waals surface area contributed by atoms with Crippen LogP contribution < -0.4 is 5.32 Å². The van der Waals surface area contributed by atoms with Gasteiger partial charge in [0.15, 0.2) is 0 Å². The SMILES string of the molecule is C=CCOC[C@@H]1CN(C(=O)NCc2ccccc2)Cc2nccn2C1. The van der Waals surface area contributed by atoms with E-state index in [-0.39, 0.29) is 11.9 Å². The summed E-state index contributed by atoms with van der Waals surface area (Å²) in [4.78, 5) is 18.9. The molecule has 2 heterocycles. The van der Waals surface area contributed by atoms with Crippen molar-refractivity contribution in [3.05, 3.63) is 66.8 Å². The van der Waals surface area contributed by atoms with Crippen molar-refractivity contribution in [3.63, 3.8) is 0 Å². The van der Waals surface area contributed by atoms with E-state index in [0.29, 0.717) is 32.8 Å². The van der Waals surface area contributed by atoms with E-state index in [1.807, 2.05) is 41.4 Å². The van der Waals surface area contributed by atoms with Gasteiger partial charge in [-0.2, -0.15) is 0 Å². The van der Waals surface area contributed by atoms with Gasteiger partial charge in [-0.3, -0.25) is 0 Å². The smallest absolute Gasteiger partial charge is 0.318 e. The van der Waals surface area contributed by atoms with Crippen LogP contribution in [0, 0.1) is 5.92 Å². The van der Waals surface area contributed by atoms with Gasteiger partial charge in [-0.25, -0.2) is 9.78 Å². The van der Waals surface area contributed by atoms with Crippen molar-refractivity contribution in [2.45, 2.75) is 19.6 Å². The highest BCUT2D eigenvalue weighted by Gasteiger charge is 2.25. The molecule has 0 aliphatic carbocycles. The number of nitrogens with one attached hydrogen (secondary N) is 1. The van der Waals surface area contributed by atoms with Gasteiger partial charge < -0.3 is 19.5 Å². The number of carbonyl (C=O) groups excluding carboxylic acids is 1. The van der Waals surface area contributed by atoms with Gasteiger partial charge in [0.05, 0.1) is 19.8 Å². The molecule has 1 atom stereocenters. The van der Waals surface area contributed by atoms with Crippen LogP contribution in [0.5, 0.6) is 0 Å². The second-order valence-corrected chi connectivity index (χ2v) is 6.21. The molecule has 132 valence electrons. The van der Waals surface area contributed by atoms with E-state index in [4.69, 9.17) is 4.74 Å². The third kappa shape index (κ3) is 4.70. The van der Waals surface area contributed by atoms with E-state index in [1.54, 1.807) is 12.3 Å². The molecule has 3 rings (SSSR count). The Labute approximate surface area is 148 Å². The number of nitrogens with zero attached hydrogens (tertiary/aromatic N) is 3. The highest BCUT2D eigenvalue weighted by Crippen LogP contribution is 2.16. The largest absolute Gasteiger partial charge is 0.377 e. The number of rotatable bonds is 6. The highest BCUT2D eigenvalue weighted by molar-refractivity contribution is 5.74. The fourth-order valence-corrected chi connectivity index (χ4v) is 3.00. The Balaban J connectivity index is 1.64. The topological polar surface area (TPSA) is 59.4 Å². The second kappa shape index (κ2) is 8.48. The van der Waals surface area contributed by atoms with E-state index in [9.17, 15) is 4.79 Å². The third-order valence-electron chi connectivity index (χ3n) is 4.23. The lowest BCUT2D eigenvalue weighted by atomic mass is 10.1. The first kappa shape index (κ1) is 17.2. The van der Waals surface area contributed by atoms with Gasteiger partial charge in [0.2, 0.25) is 0 Å². The average molecular weight is 340 g/mol. The first-order valence-corrected chi connectivity index (χ1v) is 8.51. The molecule has 0 radical (unpaired) electrons. The van der Waals surface area contributed by atoms with Gasteiger partial charge in [0.1, 0.15) is 5.82 Å². The van der Waals surface area contributed by atoms with E-state index in [1.165, 1.54) is 0 Å². The predicted octanol–water partition coefficient (Wildman–Crippen LogP) is 2.43. The van der Waals surface area contributed by atoms with Crippen LogP contribution in [0.3, 0.4) is 0 Å². The lowest BCUT2D eigenvalue weighted by Gasteiger charge is -2.24. The van der Waals surface area contributed by atoms with Gasteiger partial charge in [0, 0.05) is 37.9 Å². The molecule has 6 nitrogen and oxygen atoms in total. The van der Waals surface area contributed by atoms with Crippen molar-refractivity contribution in [3.8, 4) is 0 Å². The first-order chi connectivity index (χ1) is 12.3. The first-order valence-electron chi connectivity index (χ1n) is 8.51. The number of ether oxygens (including phenoxy) is 1. The maximum atomic E-state index is 12.7. The van der Waals surface area contributed by atoms with Crippen molar-refractivity contribution < 1.29 is 9.53 Å². The van der Waals surface area contributed by atoms with Crippen molar-refractivity contribution in [1.29, 1.82) is 0 Å². The number of carbonyl (C=O) groups is 1. The van der Waals surface area contributed by atoms with Crippen LogP contribution in [-0.2, 0) is 24.4 Å². The molecule has 0 fully saturated rings. The molecule has 0 unspecified atom stereocenters. The quantitative estimate of drug-likeness (QED) is 0.649. The Bertz CT molecular complexity index is 698. The zero-order valence-electron chi connectivity index (χ0n) is 14.3. The molecular weight excluding hydrogens is 316 g/mol. The van der Waals surface area contributed by atoms with Crippen molar-refractivity contribution in [1.82, 2.24) is 19.8 Å². The normalized spacial score (nSPS) is 16.8. The molecular formula is C19H24N4O2. The summed E-state index contributed by atoms with van der Waals surface area (Å²) in [7, 11) is 0. The minimum absolute atomic E-state index is 0.0750. The fourth-order valence-electron chi connectivity index (χ4n) is 3.00. The van der Waals surface area contributed by atoms with Gasteiger partial charge in [-0.1, -0.05) is 36.4 Å². The lowest BCUT2D eigenvalue weighted by molar-refractivity contribution is 0.101. The van der Waals surface area contributed by atoms with Crippen LogP contribution in [-0.4, -0.2) is 40.2 Å². The van der Waals surface area contributed by atoms with Gasteiger partial charge in [-0.15, -0.1) is 6.58 Å². The zero-order chi connectivity index (χ0) is 17.5. The number of aromatic nitrogens is 2. The molecule has 6 heteroatoms. The van der Waals surface area contributed by atoms with E-state index in [0.717, 1.165) is 17.9 Å². The van der Waals surface area contributed by atoms with Gasteiger partial charge >= 0.3 is 6.03 Å². The summed E-state index contributed by atoms with van der Waals surface area (Å²) in [6.07, 6.45) is 5.48. The molecule has 1 aliphatic rings. The molecule has 2 aromatic rings. The minimum Gasteiger partial charge on any atom is -0.377 e. The van der Waals surface area contributed by atoms with Crippen LogP contribution >= 0.6 is 0 Å². The summed E-state index contributed by atoms with van der Waals surface area (Å²) in [5.41, 5.74) is 1.08. The molecule has 1 aromatic heterocycles. The van der Waals surface area contributed by atoms with Gasteiger partial charge in [-0.05, 0) is 5.56 Å². The van der Waals surface area contributed by atoms with E-state index in [2.05, 4.69) is 21.4 Å². The highest BCUT2D eigenvalue weighted by atomic mass is 16.5. The maximum absolute atomic E-state index is 12.7. The zero-order valence-corrected chi connectivity index (χ0v) is 14.3. The molecule has 1 N–H and O–H groups in total. The maximum Gasteiger partial charge on any atom is 0.318 e. The van der Waals surface area contributed by atoms with Crippen molar-refractivity contribution in [2.75, 3.05) is 19.8 Å². The fraction of sp³-hybridized carbons (Fsp3) is 0.368. The number of amides is 2. The van der Waals surface area contributed by atoms with Crippen molar-refractivity contribution >= 4 is 6.03 Å². The van der Waals surface area contributed by atoms with E-state index >= 15 is 0 Å². The Morgan fingerprint density at radius 3 is 3.00 bits per heavy atom. The third-order valence-corrected chi connectivity index (χ3v) is 4.23. The molecule has 0 bridgehead atoms. The van der Waals surface area contributed by atoms with Crippen LogP contribution in [0.25, 0.3) is 0 Å². The van der Waals surface area contributed by atoms with Crippen LogP contribution in [0.2, 0.25) is 0 Å². The number of imidazole rings is 1. The summed E-state index contributed by atoms with van der Waals surface area (Å²) >= 11 is 0. The molecule has 0 saturated heterocycles. The minimum atomic E-state index is -0.0750. The second-order valence-electron chi connectivity index (χ2n) is 6.21. The number of hydrogen-bond acceptors (Lipinski definition) is 3. The van der Waals surface area contributed by atoms with E-state index < -0.39 is 0 Å². The summed E-state index contributed by atoms with van der Waals surface area (Å²) in [6, 6.07) is 9.83. The summed E-state index contributed by atoms with van der Waals surface area (Å²) < 4.78 is 7.72. The summed E-state index contributed by atoms with van der Waals surface area (Å²) in [6.45, 7) is 7.24. The summed E-state index contributed by atoms with van der Waals surface area (Å²) in [5.74, 6) is 1.12. The molecule has 2 amide bonds. The number of fused-ring (bicyclic) bond motifs is 1. The number of benzene rings is 1. The Morgan fingerprint density at radius 2 is 2.20 bits per heavy atom. The molecule has 1 aliphatic heterocycles. The Kier molecular flexibility index (Phi) is 5.85. The van der Waals surface area contributed by atoms with Crippen molar-refractivity contribution in [2.24, 2.45) is 5.92 Å². The number of urea groups is 1. The molecule has 1 aromatic carbocycles. The Morgan fingerprint density at radius 1 is 1.36 bits per heavy atom. The van der Waals surface area contributed by atoms with Crippen LogP contribution in [0.15, 0.2) is 55.4 Å². The standard InChI is InChI=1S/C19H24N4O2/c1-2-10-25-15-17-12-22-9-8-20-18(22)14-23(13-17)19(24)21-11-16-6-4-3-5-7-16/h2-9,17H,1,10-15H2,(H,21,24)/t17-/m0/s1. The monoisotopic (exact) mass is 340 g/mol. The predicted molar refractivity (Wildman–Crippen MR) is 95.8 cm³/mol. The van der Waals surface area contributed by atoms with Gasteiger partial charge in [0.25, 0.3) is 0 Å². The molecule has 25 heavy (non-hydrogen) atoms. The van der Waals surface area contributed by atoms with Crippen LogP contribution in [0.4, 0.5) is 4.79 Å². The molecule has 0 saturated carbocycles. The molecule has 0 spiro atoms. The average Bonchev–Trinajstić information content (AvgIpc) is 2.99. The van der Waals surface area contributed by atoms with Crippen LogP contribution in [0.1, 0.15) is 11.4 Å². The lowest BCUT2D eigenvalue weighted by Crippen LogP contribution is -2.41. The summed E-state index contributed by atoms with van der Waals surface area (Å²) in [5, 5.41) is 3.00.